The molecule has 1 aliphatic heterocycles. The van der Waals surface area contributed by atoms with Crippen LogP contribution < -0.4 is 0 Å². The zero-order valence-corrected chi connectivity index (χ0v) is 12.1. The number of nitrogens with zero attached hydrogens (tertiary/aromatic N) is 1. The molecule has 1 heterocycles. The molecule has 1 saturated heterocycles. The molecule has 0 aliphatic carbocycles. The first-order valence-corrected chi connectivity index (χ1v) is 7.04. The summed E-state index contributed by atoms with van der Waals surface area (Å²) in [6, 6.07) is 5.66. The minimum Gasteiger partial charge on any atom is -0.333 e. The SMILES string of the molecule is CC1CCCC(C)N1C(=O)c1c(Cl)cccc1Cl. The number of piperidine rings is 1. The average Bonchev–Trinajstić information content (AvgIpc) is 2.28. The van der Waals surface area contributed by atoms with Crippen LogP contribution in [0.4, 0.5) is 0 Å². The smallest absolute Gasteiger partial charge is 0.257 e. The molecule has 0 N–H and O–H groups in total. The lowest BCUT2D eigenvalue weighted by Gasteiger charge is -2.39. The molecule has 1 aliphatic rings. The molecule has 98 valence electrons. The first-order valence-electron chi connectivity index (χ1n) is 6.29. The fraction of sp³-hybridized carbons (Fsp3) is 0.500. The van der Waals surface area contributed by atoms with E-state index in [1.807, 2.05) is 4.90 Å². The van der Waals surface area contributed by atoms with Crippen molar-refractivity contribution in [3.8, 4) is 0 Å². The Hall–Kier alpha value is -0.730. The monoisotopic (exact) mass is 285 g/mol. The number of likely N-dealkylation sites (tertiary alicyclic amines) is 1. The summed E-state index contributed by atoms with van der Waals surface area (Å²) in [6.07, 6.45) is 3.25. The second kappa shape index (κ2) is 5.50. The molecule has 0 saturated carbocycles. The van der Waals surface area contributed by atoms with E-state index in [0.29, 0.717) is 15.6 Å². The highest BCUT2D eigenvalue weighted by molar-refractivity contribution is 6.39. The number of amides is 1. The van der Waals surface area contributed by atoms with E-state index in [9.17, 15) is 4.79 Å². The van der Waals surface area contributed by atoms with Gasteiger partial charge in [0, 0.05) is 12.1 Å². The van der Waals surface area contributed by atoms with Gasteiger partial charge in [0.25, 0.3) is 5.91 Å². The lowest BCUT2D eigenvalue weighted by atomic mass is 9.96. The zero-order valence-electron chi connectivity index (χ0n) is 10.6. The number of hydrogen-bond acceptors (Lipinski definition) is 1. The first-order chi connectivity index (χ1) is 8.52. The van der Waals surface area contributed by atoms with Crippen molar-refractivity contribution in [1.82, 2.24) is 4.90 Å². The highest BCUT2D eigenvalue weighted by Crippen LogP contribution is 2.30. The Bertz CT molecular complexity index is 431. The molecule has 0 radical (unpaired) electrons. The Labute approximate surface area is 118 Å². The Morgan fingerprint density at radius 3 is 2.17 bits per heavy atom. The fourth-order valence-corrected chi connectivity index (χ4v) is 3.21. The minimum atomic E-state index is -0.0506. The van der Waals surface area contributed by atoms with Crippen LogP contribution in [0.1, 0.15) is 43.5 Å². The van der Waals surface area contributed by atoms with Gasteiger partial charge in [-0.05, 0) is 45.2 Å². The number of rotatable bonds is 1. The van der Waals surface area contributed by atoms with Gasteiger partial charge < -0.3 is 4.90 Å². The van der Waals surface area contributed by atoms with Gasteiger partial charge in [-0.1, -0.05) is 29.3 Å². The van der Waals surface area contributed by atoms with Gasteiger partial charge in [0.1, 0.15) is 0 Å². The van der Waals surface area contributed by atoms with E-state index in [0.717, 1.165) is 12.8 Å². The third-order valence-electron chi connectivity index (χ3n) is 3.60. The fourth-order valence-electron chi connectivity index (χ4n) is 2.65. The van der Waals surface area contributed by atoms with Crippen molar-refractivity contribution in [2.75, 3.05) is 0 Å². The zero-order chi connectivity index (χ0) is 13.3. The van der Waals surface area contributed by atoms with Crippen molar-refractivity contribution < 1.29 is 4.79 Å². The van der Waals surface area contributed by atoms with Crippen LogP contribution in [0, 0.1) is 0 Å². The second-order valence-corrected chi connectivity index (χ2v) is 5.75. The lowest BCUT2D eigenvalue weighted by molar-refractivity contribution is 0.0511. The van der Waals surface area contributed by atoms with Gasteiger partial charge in [0.15, 0.2) is 0 Å². The van der Waals surface area contributed by atoms with Crippen LogP contribution in [-0.2, 0) is 0 Å². The summed E-state index contributed by atoms with van der Waals surface area (Å²) in [5.41, 5.74) is 0.432. The molecule has 0 aromatic heterocycles. The molecule has 2 rings (SSSR count). The molecular formula is C14H17Cl2NO. The molecule has 0 spiro atoms. The highest BCUT2D eigenvalue weighted by atomic mass is 35.5. The molecular weight excluding hydrogens is 269 g/mol. The maximum absolute atomic E-state index is 12.6. The van der Waals surface area contributed by atoms with E-state index in [4.69, 9.17) is 23.2 Å². The van der Waals surface area contributed by atoms with E-state index in [1.165, 1.54) is 6.42 Å². The predicted octanol–water partition coefficient (Wildman–Crippen LogP) is 4.40. The Balaban J connectivity index is 2.35. The second-order valence-electron chi connectivity index (χ2n) is 4.94. The van der Waals surface area contributed by atoms with Crippen molar-refractivity contribution in [2.45, 2.75) is 45.2 Å². The minimum absolute atomic E-state index is 0.0506. The maximum Gasteiger partial charge on any atom is 0.257 e. The van der Waals surface area contributed by atoms with Crippen molar-refractivity contribution in [2.24, 2.45) is 0 Å². The lowest BCUT2D eigenvalue weighted by Crippen LogP contribution is -2.47. The summed E-state index contributed by atoms with van der Waals surface area (Å²) in [5.74, 6) is -0.0506. The summed E-state index contributed by atoms with van der Waals surface area (Å²) >= 11 is 12.2. The Morgan fingerprint density at radius 1 is 1.17 bits per heavy atom. The molecule has 18 heavy (non-hydrogen) atoms. The van der Waals surface area contributed by atoms with Gasteiger partial charge in [-0.15, -0.1) is 0 Å². The summed E-state index contributed by atoms with van der Waals surface area (Å²) < 4.78 is 0. The van der Waals surface area contributed by atoms with E-state index in [1.54, 1.807) is 18.2 Å². The normalized spacial score (nSPS) is 24.1. The quantitative estimate of drug-likeness (QED) is 0.749. The van der Waals surface area contributed by atoms with Gasteiger partial charge >= 0.3 is 0 Å². The van der Waals surface area contributed by atoms with Crippen LogP contribution in [0.25, 0.3) is 0 Å². The third-order valence-corrected chi connectivity index (χ3v) is 4.23. The molecule has 2 unspecified atom stereocenters. The molecule has 1 amide bonds. The topological polar surface area (TPSA) is 20.3 Å². The van der Waals surface area contributed by atoms with Crippen LogP contribution in [0.2, 0.25) is 10.0 Å². The standard InChI is InChI=1S/C14H17Cl2NO/c1-9-5-3-6-10(2)17(9)14(18)13-11(15)7-4-8-12(13)16/h4,7-10H,3,5-6H2,1-2H3. The number of carbonyl (C=O) groups excluding carboxylic acids is 1. The average molecular weight is 286 g/mol. The predicted molar refractivity (Wildman–Crippen MR) is 75.4 cm³/mol. The Kier molecular flexibility index (Phi) is 4.18. The van der Waals surface area contributed by atoms with Gasteiger partial charge in [0.05, 0.1) is 15.6 Å². The number of benzene rings is 1. The number of carbonyl (C=O) groups is 1. The van der Waals surface area contributed by atoms with Crippen LogP contribution in [-0.4, -0.2) is 22.9 Å². The van der Waals surface area contributed by atoms with E-state index in [-0.39, 0.29) is 18.0 Å². The van der Waals surface area contributed by atoms with E-state index < -0.39 is 0 Å². The van der Waals surface area contributed by atoms with Gasteiger partial charge in [0.2, 0.25) is 0 Å². The van der Waals surface area contributed by atoms with Crippen molar-refractivity contribution in [3.05, 3.63) is 33.8 Å². The molecule has 1 aromatic rings. The van der Waals surface area contributed by atoms with Crippen molar-refractivity contribution >= 4 is 29.1 Å². The highest BCUT2D eigenvalue weighted by Gasteiger charge is 2.31. The Morgan fingerprint density at radius 2 is 1.67 bits per heavy atom. The summed E-state index contributed by atoms with van der Waals surface area (Å²) in [6.45, 7) is 4.16. The van der Waals surface area contributed by atoms with Crippen LogP contribution in [0.3, 0.4) is 0 Å². The maximum atomic E-state index is 12.6. The van der Waals surface area contributed by atoms with Crippen molar-refractivity contribution in [1.29, 1.82) is 0 Å². The summed E-state index contributed by atoms with van der Waals surface area (Å²) in [4.78, 5) is 14.5. The van der Waals surface area contributed by atoms with Crippen LogP contribution in [0.15, 0.2) is 18.2 Å². The summed E-state index contributed by atoms with van der Waals surface area (Å²) in [7, 11) is 0. The molecule has 1 aromatic carbocycles. The van der Waals surface area contributed by atoms with E-state index >= 15 is 0 Å². The number of hydrogen-bond donors (Lipinski definition) is 0. The number of halogens is 2. The largest absolute Gasteiger partial charge is 0.333 e. The molecule has 2 atom stereocenters. The van der Waals surface area contributed by atoms with Crippen LogP contribution >= 0.6 is 23.2 Å². The van der Waals surface area contributed by atoms with Crippen LogP contribution in [0.5, 0.6) is 0 Å². The third kappa shape index (κ3) is 2.50. The molecule has 0 bridgehead atoms. The molecule has 4 heteroatoms. The van der Waals surface area contributed by atoms with E-state index in [2.05, 4.69) is 13.8 Å². The molecule has 2 nitrogen and oxygen atoms in total. The van der Waals surface area contributed by atoms with Gasteiger partial charge in [-0.2, -0.15) is 0 Å². The van der Waals surface area contributed by atoms with Gasteiger partial charge in [-0.25, -0.2) is 0 Å². The molecule has 1 fully saturated rings. The van der Waals surface area contributed by atoms with Gasteiger partial charge in [-0.3, -0.25) is 4.79 Å². The first kappa shape index (κ1) is 13.7. The van der Waals surface area contributed by atoms with Crippen molar-refractivity contribution in [3.63, 3.8) is 0 Å². The summed E-state index contributed by atoms with van der Waals surface area (Å²) in [5, 5.41) is 0.856.